The Balaban J connectivity index is 0.00000256. The third kappa shape index (κ3) is 3.59. The summed E-state index contributed by atoms with van der Waals surface area (Å²) in [5, 5.41) is 22.8. The number of anilines is 8. The van der Waals surface area contributed by atoms with Gasteiger partial charge >= 0.3 is 0 Å². The first kappa shape index (κ1) is 23.8. The molecule has 203 valence electrons. The summed E-state index contributed by atoms with van der Waals surface area (Å²) in [6, 6.07) is 33.1. The van der Waals surface area contributed by atoms with Crippen molar-refractivity contribution in [3.63, 3.8) is 0 Å². The van der Waals surface area contributed by atoms with Gasteiger partial charge in [0, 0.05) is 67.2 Å². The van der Waals surface area contributed by atoms with E-state index < -0.39 is 0 Å². The molecular formula is C32H22AgN8-2. The minimum Gasteiger partial charge on any atom is -0.400 e. The molecule has 8 aromatic rings. The van der Waals surface area contributed by atoms with Crippen LogP contribution < -0.4 is 31.2 Å². The van der Waals surface area contributed by atoms with Crippen LogP contribution in [-0.2, 0) is 22.4 Å². The topological polar surface area (TPSA) is 108 Å². The van der Waals surface area contributed by atoms with Crippen LogP contribution in [-0.4, -0.2) is 9.97 Å². The Bertz CT molecular complexity index is 1780. The molecule has 0 spiro atoms. The van der Waals surface area contributed by atoms with Gasteiger partial charge in [0.05, 0.1) is 23.3 Å². The van der Waals surface area contributed by atoms with Crippen molar-refractivity contribution in [1.29, 1.82) is 0 Å². The number of H-pyrrole nitrogens is 2. The van der Waals surface area contributed by atoms with Crippen LogP contribution in [0.2, 0.25) is 0 Å². The van der Waals surface area contributed by atoms with Gasteiger partial charge in [-0.3, -0.25) is 0 Å². The molecular weight excluding hydrogens is 604 g/mol. The standard InChI is InChI=1S/C32H22N8.Ag/c1-2-10-18-17(9-1)25-33-26(18)38-28-21-13-5-6-14-22(21)30(35-28)40-32-24-16-8-7-15-23(24)31(36-32)39-29-20-12-4-3-11-19(20)27(34-29)37-25;/h1-16,33,36-40H;/q-2;. The molecule has 4 aromatic carbocycles. The Hall–Kier alpha value is -5.02. The molecule has 0 saturated heterocycles. The Morgan fingerprint density at radius 3 is 0.780 bits per heavy atom. The van der Waals surface area contributed by atoms with E-state index >= 15 is 0 Å². The van der Waals surface area contributed by atoms with Crippen LogP contribution in [0.1, 0.15) is 0 Å². The van der Waals surface area contributed by atoms with Crippen molar-refractivity contribution in [3.8, 4) is 0 Å². The van der Waals surface area contributed by atoms with E-state index in [4.69, 9.17) is 9.97 Å². The van der Waals surface area contributed by atoms with Crippen molar-refractivity contribution in [3.05, 3.63) is 97.1 Å². The van der Waals surface area contributed by atoms with E-state index in [0.717, 1.165) is 89.6 Å². The minimum absolute atomic E-state index is 0. The van der Waals surface area contributed by atoms with Crippen LogP contribution in [0.4, 0.5) is 46.5 Å². The van der Waals surface area contributed by atoms with Gasteiger partial charge in [0.15, 0.2) is 0 Å². The molecule has 0 amide bonds. The molecule has 4 aromatic heterocycles. The summed E-state index contributed by atoms with van der Waals surface area (Å²) in [6.45, 7) is 0. The van der Waals surface area contributed by atoms with Gasteiger partial charge in [-0.05, 0) is 21.5 Å². The first-order valence-corrected chi connectivity index (χ1v) is 13.2. The van der Waals surface area contributed by atoms with E-state index in [-0.39, 0.29) is 22.4 Å². The smallest absolute Gasteiger partial charge is 0.0585 e. The maximum Gasteiger partial charge on any atom is 0.0585 e. The van der Waals surface area contributed by atoms with Crippen LogP contribution in [0.5, 0.6) is 0 Å². The molecule has 1 radical (unpaired) electrons. The fraction of sp³-hybridized carbons (Fsp3) is 0. The summed E-state index contributed by atoms with van der Waals surface area (Å²) >= 11 is 0. The summed E-state index contributed by atoms with van der Waals surface area (Å²) in [7, 11) is 0. The first-order valence-electron chi connectivity index (χ1n) is 13.2. The number of nitrogens with one attached hydrogen (secondary N) is 6. The maximum absolute atomic E-state index is 5.04. The Labute approximate surface area is 249 Å². The molecule has 5 heterocycles. The molecule has 0 fully saturated rings. The van der Waals surface area contributed by atoms with Gasteiger partial charge in [-0.1, -0.05) is 97.1 Å². The number of hydrogen-bond acceptors (Lipinski definition) is 4. The predicted octanol–water partition coefficient (Wildman–Crippen LogP) is 8.16. The molecule has 6 N–H and O–H groups in total. The zero-order valence-electron chi connectivity index (χ0n) is 21.4. The molecule has 1 aliphatic rings. The second kappa shape index (κ2) is 9.00. The summed E-state index contributed by atoms with van der Waals surface area (Å²) < 4.78 is 0. The average molecular weight is 626 g/mol. The van der Waals surface area contributed by atoms with Crippen LogP contribution in [0.25, 0.3) is 43.1 Å². The third-order valence-electron chi connectivity index (χ3n) is 7.73. The van der Waals surface area contributed by atoms with Crippen molar-refractivity contribution in [2.45, 2.75) is 0 Å². The minimum atomic E-state index is 0. The van der Waals surface area contributed by atoms with Gasteiger partial charge in [0.2, 0.25) is 0 Å². The maximum atomic E-state index is 5.04. The van der Waals surface area contributed by atoms with E-state index in [1.54, 1.807) is 0 Å². The fourth-order valence-corrected chi connectivity index (χ4v) is 5.86. The van der Waals surface area contributed by atoms with Gasteiger partial charge in [0.25, 0.3) is 0 Å². The SMILES string of the molecule is [Ag].c1ccc2c3[n-]c(c2c1)Nc1[nH]c(c2ccccc12)Nc1[n-]c(c2ccccc12)Nc1[nH]c(c2ccccc12)N3. The fourth-order valence-electron chi connectivity index (χ4n) is 5.86. The number of fused-ring (bicyclic) bond motifs is 20. The molecule has 8 nitrogen and oxygen atoms in total. The molecule has 9 rings (SSSR count). The summed E-state index contributed by atoms with van der Waals surface area (Å²) in [5.41, 5.74) is 0. The number of aromatic amines is 2. The number of benzene rings is 4. The summed E-state index contributed by atoms with van der Waals surface area (Å²) in [6.07, 6.45) is 0. The van der Waals surface area contributed by atoms with Crippen LogP contribution in [0.3, 0.4) is 0 Å². The second-order valence-corrected chi connectivity index (χ2v) is 10.1. The van der Waals surface area contributed by atoms with Crippen LogP contribution >= 0.6 is 0 Å². The molecule has 9 heteroatoms. The van der Waals surface area contributed by atoms with Crippen LogP contribution in [0, 0.1) is 0 Å². The quantitative estimate of drug-likeness (QED) is 0.0949. The van der Waals surface area contributed by atoms with Gasteiger partial charge in [-0.15, -0.1) is 0 Å². The largest absolute Gasteiger partial charge is 0.400 e. The normalized spacial score (nSPS) is 12.5. The van der Waals surface area contributed by atoms with Gasteiger partial charge in [-0.2, -0.15) is 0 Å². The van der Waals surface area contributed by atoms with Gasteiger partial charge < -0.3 is 41.2 Å². The van der Waals surface area contributed by atoms with Crippen molar-refractivity contribution >= 4 is 89.6 Å². The zero-order valence-corrected chi connectivity index (χ0v) is 22.9. The van der Waals surface area contributed by atoms with Crippen molar-refractivity contribution < 1.29 is 22.4 Å². The number of nitrogens with zero attached hydrogens (tertiary/aromatic N) is 2. The molecule has 41 heavy (non-hydrogen) atoms. The van der Waals surface area contributed by atoms with Crippen molar-refractivity contribution in [2.24, 2.45) is 0 Å². The molecule has 8 bridgehead atoms. The molecule has 0 saturated carbocycles. The van der Waals surface area contributed by atoms with Crippen molar-refractivity contribution in [1.82, 2.24) is 19.9 Å². The van der Waals surface area contributed by atoms with Crippen molar-refractivity contribution in [2.75, 3.05) is 21.3 Å². The predicted molar refractivity (Wildman–Crippen MR) is 164 cm³/mol. The van der Waals surface area contributed by atoms with Gasteiger partial charge in [0.1, 0.15) is 0 Å². The number of rotatable bonds is 0. The zero-order chi connectivity index (χ0) is 26.2. The third-order valence-corrected chi connectivity index (χ3v) is 7.73. The Kier molecular flexibility index (Phi) is 5.23. The summed E-state index contributed by atoms with van der Waals surface area (Å²) in [4.78, 5) is 17.2. The van der Waals surface area contributed by atoms with Gasteiger partial charge in [-0.25, -0.2) is 0 Å². The van der Waals surface area contributed by atoms with E-state index in [0.29, 0.717) is 0 Å². The molecule has 0 atom stereocenters. The average Bonchev–Trinajstić information content (AvgIpc) is 3.73. The first-order chi connectivity index (χ1) is 19.8. The Morgan fingerprint density at radius 1 is 0.317 bits per heavy atom. The Morgan fingerprint density at radius 2 is 0.537 bits per heavy atom. The van der Waals surface area contributed by atoms with E-state index in [9.17, 15) is 0 Å². The number of aromatic nitrogens is 4. The van der Waals surface area contributed by atoms with Crippen LogP contribution in [0.15, 0.2) is 97.1 Å². The van der Waals surface area contributed by atoms with E-state index in [2.05, 4.69) is 79.8 Å². The monoisotopic (exact) mass is 625 g/mol. The molecule has 0 unspecified atom stereocenters. The second-order valence-electron chi connectivity index (χ2n) is 10.1. The molecule has 0 aliphatic carbocycles. The molecule has 1 aliphatic heterocycles. The summed E-state index contributed by atoms with van der Waals surface area (Å²) in [5.74, 6) is 6.55. The van der Waals surface area contributed by atoms with E-state index in [1.165, 1.54) is 0 Å². The number of hydrogen-bond donors (Lipinski definition) is 6. The van der Waals surface area contributed by atoms with E-state index in [1.807, 2.05) is 48.5 Å².